The Morgan fingerprint density at radius 2 is 2.05 bits per heavy atom. The largest absolute Gasteiger partial charge is 0.461 e. The summed E-state index contributed by atoms with van der Waals surface area (Å²) in [5, 5.41) is 3.26. The highest BCUT2D eigenvalue weighted by atomic mass is 35.5. The number of ether oxygens (including phenoxy) is 1. The van der Waals surface area contributed by atoms with Crippen LogP contribution in [0.15, 0.2) is 24.3 Å². The minimum Gasteiger partial charge on any atom is -0.461 e. The van der Waals surface area contributed by atoms with E-state index in [1.165, 1.54) is 11.1 Å². The van der Waals surface area contributed by atoms with Crippen molar-refractivity contribution in [3.8, 4) is 6.01 Å². The van der Waals surface area contributed by atoms with Crippen LogP contribution in [-0.4, -0.2) is 27.6 Å². The Labute approximate surface area is 129 Å². The molecule has 0 amide bonds. The molecule has 1 aromatic heterocycles. The maximum atomic E-state index is 5.87. The molecule has 0 fully saturated rings. The van der Waals surface area contributed by atoms with Crippen LogP contribution in [0.5, 0.6) is 6.01 Å². The molecule has 1 heterocycles. The molecule has 0 aliphatic heterocycles. The second-order valence-corrected chi connectivity index (χ2v) is 5.38. The molecule has 6 heteroatoms. The molecule has 0 bridgehead atoms. The lowest BCUT2D eigenvalue weighted by Gasteiger charge is -2.10. The first-order valence-electron chi connectivity index (χ1n) is 6.90. The van der Waals surface area contributed by atoms with Crippen molar-refractivity contribution in [2.24, 2.45) is 0 Å². The highest BCUT2D eigenvalue weighted by Crippen LogP contribution is 2.13. The second-order valence-electron chi connectivity index (χ2n) is 5.04. The number of nitrogens with one attached hydrogen (secondary N) is 1. The molecule has 1 aromatic carbocycles. The third-order valence-electron chi connectivity index (χ3n) is 2.71. The van der Waals surface area contributed by atoms with Gasteiger partial charge in [-0.2, -0.15) is 15.0 Å². The number of rotatable bonds is 6. The van der Waals surface area contributed by atoms with Gasteiger partial charge in [0.25, 0.3) is 0 Å². The first kappa shape index (κ1) is 15.5. The number of hydrogen-bond donors (Lipinski definition) is 1. The molecule has 0 radical (unpaired) electrons. The maximum Gasteiger partial charge on any atom is 0.322 e. The summed E-state index contributed by atoms with van der Waals surface area (Å²) in [6.45, 7) is 6.61. The predicted octanol–water partition coefficient (Wildman–Crippen LogP) is 3.28. The van der Waals surface area contributed by atoms with Gasteiger partial charge in [-0.1, -0.05) is 29.8 Å². The van der Waals surface area contributed by atoms with Crippen molar-refractivity contribution in [3.63, 3.8) is 0 Å². The van der Waals surface area contributed by atoms with Crippen LogP contribution < -0.4 is 10.1 Å². The summed E-state index contributed by atoms with van der Waals surface area (Å²) in [6.07, 6.45) is 0.870. The van der Waals surface area contributed by atoms with E-state index in [4.69, 9.17) is 16.3 Å². The van der Waals surface area contributed by atoms with Gasteiger partial charge < -0.3 is 10.1 Å². The zero-order valence-electron chi connectivity index (χ0n) is 12.4. The van der Waals surface area contributed by atoms with Crippen molar-refractivity contribution < 1.29 is 4.74 Å². The summed E-state index contributed by atoms with van der Waals surface area (Å²) in [4.78, 5) is 12.2. The predicted molar refractivity (Wildman–Crippen MR) is 84.0 cm³/mol. The highest BCUT2D eigenvalue weighted by Gasteiger charge is 2.07. The average molecular weight is 307 g/mol. The molecular weight excluding hydrogens is 288 g/mol. The molecule has 2 aromatic rings. The molecule has 0 aliphatic rings. The molecule has 112 valence electrons. The third kappa shape index (κ3) is 5.19. The summed E-state index contributed by atoms with van der Waals surface area (Å²) in [5.74, 6) is 0.429. The van der Waals surface area contributed by atoms with Gasteiger partial charge in [0.2, 0.25) is 11.2 Å². The van der Waals surface area contributed by atoms with E-state index in [9.17, 15) is 0 Å². The molecule has 1 N–H and O–H groups in total. The molecular formula is C15H19ClN4O. The number of halogens is 1. The summed E-state index contributed by atoms with van der Waals surface area (Å²) < 4.78 is 5.43. The molecule has 0 atom stereocenters. The highest BCUT2D eigenvalue weighted by molar-refractivity contribution is 6.28. The van der Waals surface area contributed by atoms with E-state index >= 15 is 0 Å². The number of aryl methyl sites for hydroxylation is 1. The van der Waals surface area contributed by atoms with Gasteiger partial charge in [-0.05, 0) is 44.4 Å². The maximum absolute atomic E-state index is 5.87. The lowest BCUT2D eigenvalue weighted by Crippen LogP contribution is -2.12. The molecule has 21 heavy (non-hydrogen) atoms. The van der Waals surface area contributed by atoms with Crippen LogP contribution in [0, 0.1) is 6.92 Å². The zero-order chi connectivity index (χ0) is 15.2. The van der Waals surface area contributed by atoms with E-state index in [-0.39, 0.29) is 17.4 Å². The van der Waals surface area contributed by atoms with Gasteiger partial charge in [0, 0.05) is 6.54 Å². The van der Waals surface area contributed by atoms with Crippen LogP contribution in [0.2, 0.25) is 5.28 Å². The molecule has 2 rings (SSSR count). The Morgan fingerprint density at radius 1 is 1.24 bits per heavy atom. The number of aromatic nitrogens is 3. The van der Waals surface area contributed by atoms with Crippen LogP contribution in [0.25, 0.3) is 0 Å². The van der Waals surface area contributed by atoms with E-state index < -0.39 is 0 Å². The van der Waals surface area contributed by atoms with Gasteiger partial charge in [-0.3, -0.25) is 0 Å². The van der Waals surface area contributed by atoms with Gasteiger partial charge in [0.05, 0.1) is 6.10 Å². The van der Waals surface area contributed by atoms with Crippen LogP contribution in [0.1, 0.15) is 25.0 Å². The first-order valence-corrected chi connectivity index (χ1v) is 7.28. The Morgan fingerprint density at radius 3 is 2.76 bits per heavy atom. The lowest BCUT2D eigenvalue weighted by atomic mass is 10.1. The molecule has 0 unspecified atom stereocenters. The minimum absolute atomic E-state index is 0.0105. The van der Waals surface area contributed by atoms with Crippen LogP contribution in [-0.2, 0) is 6.42 Å². The summed E-state index contributed by atoms with van der Waals surface area (Å²) in [6, 6.07) is 8.64. The standard InChI is InChI=1S/C15H19ClN4O/c1-10(2)21-15-19-13(16)18-14(20-15)17-8-7-12-6-4-5-11(3)9-12/h4-6,9-10H,7-8H2,1-3H3,(H,17,18,19,20). The van der Waals surface area contributed by atoms with Gasteiger partial charge in [-0.15, -0.1) is 0 Å². The molecule has 0 spiro atoms. The van der Waals surface area contributed by atoms with Crippen molar-refractivity contribution in [2.75, 3.05) is 11.9 Å². The molecule has 0 aliphatic carbocycles. The Balaban J connectivity index is 1.95. The Kier molecular flexibility index (Phi) is 5.33. The zero-order valence-corrected chi connectivity index (χ0v) is 13.2. The fourth-order valence-electron chi connectivity index (χ4n) is 1.86. The quantitative estimate of drug-likeness (QED) is 0.887. The van der Waals surface area contributed by atoms with E-state index in [1.807, 2.05) is 13.8 Å². The van der Waals surface area contributed by atoms with Crippen molar-refractivity contribution in [1.82, 2.24) is 15.0 Å². The monoisotopic (exact) mass is 306 g/mol. The van der Waals surface area contributed by atoms with Crippen LogP contribution >= 0.6 is 11.6 Å². The van der Waals surface area contributed by atoms with E-state index in [0.29, 0.717) is 12.5 Å². The fraction of sp³-hybridized carbons (Fsp3) is 0.400. The van der Waals surface area contributed by atoms with E-state index in [0.717, 1.165) is 6.42 Å². The topological polar surface area (TPSA) is 59.9 Å². The number of anilines is 1. The molecule has 5 nitrogen and oxygen atoms in total. The number of hydrogen-bond acceptors (Lipinski definition) is 5. The van der Waals surface area contributed by atoms with Crippen LogP contribution in [0.4, 0.5) is 5.95 Å². The van der Waals surface area contributed by atoms with Crippen LogP contribution in [0.3, 0.4) is 0 Å². The van der Waals surface area contributed by atoms with Gasteiger partial charge in [-0.25, -0.2) is 0 Å². The summed E-state index contributed by atoms with van der Waals surface area (Å²) in [5.41, 5.74) is 2.52. The SMILES string of the molecule is Cc1cccc(CCNc2nc(Cl)nc(OC(C)C)n2)c1. The smallest absolute Gasteiger partial charge is 0.322 e. The summed E-state index contributed by atoms with van der Waals surface area (Å²) in [7, 11) is 0. The first-order chi connectivity index (χ1) is 10.0. The normalized spacial score (nSPS) is 10.7. The van der Waals surface area contributed by atoms with E-state index in [2.05, 4.69) is 51.5 Å². The number of nitrogens with zero attached hydrogens (tertiary/aromatic N) is 3. The fourth-order valence-corrected chi connectivity index (χ4v) is 2.01. The Bertz CT molecular complexity index is 604. The second kappa shape index (κ2) is 7.22. The van der Waals surface area contributed by atoms with Gasteiger partial charge in [0.1, 0.15) is 0 Å². The van der Waals surface area contributed by atoms with Gasteiger partial charge >= 0.3 is 6.01 Å². The Hall–Kier alpha value is -1.88. The molecule has 0 saturated carbocycles. The third-order valence-corrected chi connectivity index (χ3v) is 2.88. The minimum atomic E-state index is -0.0105. The van der Waals surface area contributed by atoms with Crippen molar-refractivity contribution in [3.05, 3.63) is 40.7 Å². The van der Waals surface area contributed by atoms with Crippen molar-refractivity contribution in [1.29, 1.82) is 0 Å². The summed E-state index contributed by atoms with van der Waals surface area (Å²) >= 11 is 5.87. The van der Waals surface area contributed by atoms with E-state index in [1.54, 1.807) is 0 Å². The van der Waals surface area contributed by atoms with Crippen molar-refractivity contribution >= 4 is 17.5 Å². The van der Waals surface area contributed by atoms with Crippen molar-refractivity contribution in [2.45, 2.75) is 33.3 Å². The number of benzene rings is 1. The average Bonchev–Trinajstić information content (AvgIpc) is 2.37. The van der Waals surface area contributed by atoms with Gasteiger partial charge in [0.15, 0.2) is 0 Å². The lowest BCUT2D eigenvalue weighted by molar-refractivity contribution is 0.222. The molecule has 0 saturated heterocycles.